The Bertz CT molecular complexity index is 1530. The Morgan fingerprint density at radius 3 is 2.86 bits per heavy atom. The average molecular weight is 481 g/mol. The molecule has 0 radical (unpaired) electrons. The van der Waals surface area contributed by atoms with Crippen LogP contribution in [0.2, 0.25) is 0 Å². The van der Waals surface area contributed by atoms with Gasteiger partial charge in [0.1, 0.15) is 18.4 Å². The lowest BCUT2D eigenvalue weighted by Gasteiger charge is -2.44. The number of rotatable bonds is 5. The molecular formula is C27H28N8O. The van der Waals surface area contributed by atoms with Gasteiger partial charge in [-0.3, -0.25) is 0 Å². The third-order valence-electron chi connectivity index (χ3n) is 7.17. The van der Waals surface area contributed by atoms with Crippen molar-refractivity contribution in [2.45, 2.75) is 19.5 Å². The van der Waals surface area contributed by atoms with Gasteiger partial charge in [-0.25, -0.2) is 9.97 Å². The minimum atomic E-state index is 0.416. The standard InChI is InChI=1S/C27H28N8O/c1-16-9-23(35-13-18(14-35)33(2)3)21(29)10-22(16)31-27-30-12-17(11-28)25(32-27)20-15-34-7-8-36-24-6-4-5-19(20)26(24)34/h4-6,9-10,12,15,18H,7-8,13-14,29H2,1-3H3,(H,30,31,32). The molecule has 0 bridgehead atoms. The van der Waals surface area contributed by atoms with Gasteiger partial charge in [0, 0.05) is 42.0 Å². The molecular weight excluding hydrogens is 452 g/mol. The molecule has 0 aliphatic carbocycles. The zero-order valence-electron chi connectivity index (χ0n) is 20.6. The second kappa shape index (κ2) is 8.43. The lowest BCUT2D eigenvalue weighted by molar-refractivity contribution is 0.247. The topological polar surface area (TPSA) is 108 Å². The molecule has 9 heteroatoms. The Labute approximate surface area is 209 Å². The Morgan fingerprint density at radius 2 is 2.08 bits per heavy atom. The lowest BCUT2D eigenvalue weighted by Crippen LogP contribution is -2.57. The van der Waals surface area contributed by atoms with Gasteiger partial charge in [0.05, 0.1) is 40.9 Å². The van der Waals surface area contributed by atoms with Crippen LogP contribution in [0.15, 0.2) is 42.7 Å². The normalized spacial score (nSPS) is 15.0. The average Bonchev–Trinajstić information content (AvgIpc) is 3.21. The molecule has 2 aromatic carbocycles. The first-order valence-corrected chi connectivity index (χ1v) is 12.0. The van der Waals surface area contributed by atoms with Crippen LogP contribution in [0.4, 0.5) is 23.0 Å². The van der Waals surface area contributed by atoms with E-state index in [2.05, 4.69) is 57.1 Å². The molecule has 0 spiro atoms. The maximum absolute atomic E-state index is 9.80. The van der Waals surface area contributed by atoms with E-state index in [1.54, 1.807) is 6.20 Å². The summed E-state index contributed by atoms with van der Waals surface area (Å²) < 4.78 is 8.00. The van der Waals surface area contributed by atoms with Crippen LogP contribution in [0.3, 0.4) is 0 Å². The van der Waals surface area contributed by atoms with Crippen LogP contribution in [-0.4, -0.2) is 59.3 Å². The molecule has 3 N–H and O–H groups in total. The van der Waals surface area contributed by atoms with E-state index >= 15 is 0 Å². The fraction of sp³-hybridized carbons (Fsp3) is 0.296. The van der Waals surface area contributed by atoms with Crippen molar-refractivity contribution in [3.63, 3.8) is 0 Å². The molecule has 2 aliphatic rings. The second-order valence-corrected chi connectivity index (χ2v) is 9.68. The van der Waals surface area contributed by atoms with Gasteiger partial charge in [-0.2, -0.15) is 5.26 Å². The van der Waals surface area contributed by atoms with Gasteiger partial charge >= 0.3 is 0 Å². The van der Waals surface area contributed by atoms with E-state index in [9.17, 15) is 5.26 Å². The Morgan fingerprint density at radius 1 is 1.25 bits per heavy atom. The largest absolute Gasteiger partial charge is 0.490 e. The first-order valence-electron chi connectivity index (χ1n) is 12.0. The number of nitriles is 1. The van der Waals surface area contributed by atoms with E-state index in [1.807, 2.05) is 31.2 Å². The minimum absolute atomic E-state index is 0.416. The number of aromatic nitrogens is 3. The molecule has 4 aromatic rings. The number of nitrogens with two attached hydrogens (primary N) is 1. The van der Waals surface area contributed by atoms with Crippen LogP contribution in [-0.2, 0) is 6.54 Å². The number of nitrogen functional groups attached to an aromatic ring is 1. The van der Waals surface area contributed by atoms with Crippen molar-refractivity contribution in [1.29, 1.82) is 5.26 Å². The van der Waals surface area contributed by atoms with E-state index < -0.39 is 0 Å². The summed E-state index contributed by atoms with van der Waals surface area (Å²) in [7, 11) is 4.21. The van der Waals surface area contributed by atoms with Crippen LogP contribution in [0, 0.1) is 18.3 Å². The fourth-order valence-electron chi connectivity index (χ4n) is 5.01. The van der Waals surface area contributed by atoms with Crippen molar-refractivity contribution in [3.8, 4) is 23.1 Å². The molecule has 0 saturated carbocycles. The number of anilines is 4. The van der Waals surface area contributed by atoms with E-state index in [0.717, 1.165) is 58.8 Å². The molecule has 2 aliphatic heterocycles. The molecule has 0 atom stereocenters. The summed E-state index contributed by atoms with van der Waals surface area (Å²) in [4.78, 5) is 13.7. The van der Waals surface area contributed by atoms with Crippen molar-refractivity contribution in [2.24, 2.45) is 0 Å². The number of hydrogen-bond donors (Lipinski definition) is 2. The number of nitrogens with one attached hydrogen (secondary N) is 1. The molecule has 182 valence electrons. The number of likely N-dealkylation sites (N-methyl/N-ethyl adjacent to an activating group) is 1. The number of hydrogen-bond acceptors (Lipinski definition) is 8. The zero-order chi connectivity index (χ0) is 25.0. The summed E-state index contributed by atoms with van der Waals surface area (Å²) in [6.07, 6.45) is 3.62. The Hall–Kier alpha value is -4.29. The summed E-state index contributed by atoms with van der Waals surface area (Å²) in [6.45, 7) is 5.34. The monoisotopic (exact) mass is 480 g/mol. The minimum Gasteiger partial charge on any atom is -0.490 e. The SMILES string of the molecule is Cc1cc(N2CC(N(C)C)C2)c(N)cc1Nc1ncc(C#N)c(-c2cn3c4c(cccc24)OCC3)n1. The molecule has 2 aromatic heterocycles. The highest BCUT2D eigenvalue weighted by atomic mass is 16.5. The van der Waals surface area contributed by atoms with Gasteiger partial charge in [-0.15, -0.1) is 0 Å². The molecule has 0 amide bonds. The highest BCUT2D eigenvalue weighted by Crippen LogP contribution is 2.38. The third kappa shape index (κ3) is 3.58. The number of nitrogens with zero attached hydrogens (tertiary/aromatic N) is 6. The molecule has 1 fully saturated rings. The maximum Gasteiger partial charge on any atom is 0.227 e. The molecule has 6 rings (SSSR count). The highest BCUT2D eigenvalue weighted by molar-refractivity contribution is 5.99. The Balaban J connectivity index is 1.34. The highest BCUT2D eigenvalue weighted by Gasteiger charge is 2.30. The lowest BCUT2D eigenvalue weighted by atomic mass is 10.0. The van der Waals surface area contributed by atoms with Crippen LogP contribution >= 0.6 is 0 Å². The van der Waals surface area contributed by atoms with Crippen LogP contribution < -0.4 is 20.7 Å². The molecule has 0 unspecified atom stereocenters. The molecule has 36 heavy (non-hydrogen) atoms. The predicted molar refractivity (Wildman–Crippen MR) is 142 cm³/mol. The fourth-order valence-corrected chi connectivity index (χ4v) is 5.01. The summed E-state index contributed by atoms with van der Waals surface area (Å²) in [5.74, 6) is 1.26. The van der Waals surface area contributed by atoms with Crippen LogP contribution in [0.5, 0.6) is 5.75 Å². The van der Waals surface area contributed by atoms with Crippen LogP contribution in [0.25, 0.3) is 22.2 Å². The van der Waals surface area contributed by atoms with Crippen molar-refractivity contribution in [1.82, 2.24) is 19.4 Å². The van der Waals surface area contributed by atoms with E-state index in [1.165, 1.54) is 0 Å². The summed E-state index contributed by atoms with van der Waals surface area (Å²) in [5, 5.41) is 14.1. The van der Waals surface area contributed by atoms with Gasteiger partial charge in [-0.1, -0.05) is 12.1 Å². The summed E-state index contributed by atoms with van der Waals surface area (Å²) in [5.41, 5.74) is 13.0. The maximum atomic E-state index is 9.80. The number of benzene rings is 2. The van der Waals surface area contributed by atoms with Gasteiger partial charge in [0.15, 0.2) is 0 Å². The first kappa shape index (κ1) is 22.2. The van der Waals surface area contributed by atoms with E-state index in [-0.39, 0.29) is 0 Å². The number of para-hydroxylation sites is 1. The Kier molecular flexibility index (Phi) is 5.20. The van der Waals surface area contributed by atoms with Crippen molar-refractivity contribution >= 4 is 33.9 Å². The molecule has 9 nitrogen and oxygen atoms in total. The zero-order valence-corrected chi connectivity index (χ0v) is 20.6. The van der Waals surface area contributed by atoms with E-state index in [4.69, 9.17) is 15.5 Å². The van der Waals surface area contributed by atoms with Gasteiger partial charge in [0.2, 0.25) is 5.95 Å². The van der Waals surface area contributed by atoms with Crippen LogP contribution in [0.1, 0.15) is 11.1 Å². The first-order chi connectivity index (χ1) is 17.4. The number of aryl methyl sites for hydroxylation is 1. The van der Waals surface area contributed by atoms with Gasteiger partial charge < -0.3 is 30.2 Å². The number of ether oxygens (including phenoxy) is 1. The van der Waals surface area contributed by atoms with Crippen molar-refractivity contribution < 1.29 is 4.74 Å². The summed E-state index contributed by atoms with van der Waals surface area (Å²) in [6, 6.07) is 12.8. The van der Waals surface area contributed by atoms with E-state index in [0.29, 0.717) is 35.5 Å². The predicted octanol–water partition coefficient (Wildman–Crippen LogP) is 3.75. The third-order valence-corrected chi connectivity index (χ3v) is 7.17. The van der Waals surface area contributed by atoms with Gasteiger partial charge in [-0.05, 0) is 44.8 Å². The molecule has 4 heterocycles. The van der Waals surface area contributed by atoms with Crippen molar-refractivity contribution in [2.75, 3.05) is 49.7 Å². The molecule has 1 saturated heterocycles. The quantitative estimate of drug-likeness (QED) is 0.416. The second-order valence-electron chi connectivity index (χ2n) is 9.68. The summed E-state index contributed by atoms with van der Waals surface area (Å²) >= 11 is 0. The van der Waals surface area contributed by atoms with Gasteiger partial charge in [0.25, 0.3) is 0 Å². The van der Waals surface area contributed by atoms with Crippen molar-refractivity contribution in [3.05, 3.63) is 53.9 Å². The smallest absolute Gasteiger partial charge is 0.227 e.